The molecule has 0 atom stereocenters. The number of hydrogen-bond acceptors (Lipinski definition) is 3. The first-order valence-corrected chi connectivity index (χ1v) is 4.07. The van der Waals surface area contributed by atoms with Gasteiger partial charge < -0.3 is 33.0 Å². The van der Waals surface area contributed by atoms with Gasteiger partial charge in [0.1, 0.15) is 0 Å². The molecule has 0 amide bonds. The Morgan fingerprint density at radius 3 is 2.31 bits per heavy atom. The second kappa shape index (κ2) is 4.90. The van der Waals surface area contributed by atoms with Crippen molar-refractivity contribution in [1.82, 2.24) is 10.1 Å². The average Bonchev–Trinajstić information content (AvgIpc) is 2.30. The van der Waals surface area contributed by atoms with Crippen LogP contribution in [0, 0.1) is 6.92 Å². The van der Waals surface area contributed by atoms with Gasteiger partial charge in [-0.3, -0.25) is 0 Å². The summed E-state index contributed by atoms with van der Waals surface area (Å²) in [6, 6.07) is 0. The quantitative estimate of drug-likeness (QED) is 0.462. The highest BCUT2D eigenvalue weighted by atomic mass is 127. The summed E-state index contributed by atoms with van der Waals surface area (Å²) in [6.07, 6.45) is 0.852. The van der Waals surface area contributed by atoms with Crippen LogP contribution in [0.5, 0.6) is 0 Å². The van der Waals surface area contributed by atoms with Crippen molar-refractivity contribution in [3.8, 4) is 0 Å². The summed E-state index contributed by atoms with van der Waals surface area (Å²) in [6.45, 7) is 2.85. The van der Waals surface area contributed by atoms with Crippen molar-refractivity contribution in [2.45, 2.75) is 13.3 Å². The monoisotopic (exact) mass is 297 g/mol. The Bertz CT molecular complexity index is 254. The van der Waals surface area contributed by atoms with Crippen LogP contribution in [0.2, 0.25) is 0 Å². The summed E-state index contributed by atoms with van der Waals surface area (Å²) >= 11 is 0. The minimum atomic E-state index is 0. The summed E-state index contributed by atoms with van der Waals surface area (Å²) in [5.74, 6) is 1.45. The molecule has 1 aromatic rings. The lowest BCUT2D eigenvalue weighted by Gasteiger charge is -2.22. The normalized spacial score (nSPS) is 11.1. The molecular weight excluding hydrogens is 281 g/mol. The summed E-state index contributed by atoms with van der Waals surface area (Å²) in [7, 11) is 6.43. The van der Waals surface area contributed by atoms with Crippen molar-refractivity contribution in [1.29, 1.82) is 0 Å². The molecule has 0 bridgehead atoms. The molecule has 0 fully saturated rings. The maximum absolute atomic E-state index is 4.99. The number of rotatable bonds is 3. The second-order valence-electron chi connectivity index (χ2n) is 4.00. The molecule has 0 aliphatic rings. The fourth-order valence-electron chi connectivity index (χ4n) is 0.873. The predicted molar refractivity (Wildman–Crippen MR) is 45.6 cm³/mol. The number of likely N-dealkylation sites (N-methyl/N-ethyl adjacent to an activating group) is 1. The third kappa shape index (κ3) is 5.20. The Kier molecular flexibility index (Phi) is 4.83. The van der Waals surface area contributed by atoms with Crippen LogP contribution in [0.15, 0.2) is 4.52 Å². The highest BCUT2D eigenvalue weighted by molar-refractivity contribution is 4.82. The van der Waals surface area contributed by atoms with Crippen molar-refractivity contribution in [2.24, 2.45) is 0 Å². The van der Waals surface area contributed by atoms with Crippen LogP contribution in [0.1, 0.15) is 11.7 Å². The smallest absolute Gasteiger partial charge is 0.232 e. The molecule has 0 saturated carbocycles. The number of aromatic nitrogens is 2. The van der Waals surface area contributed by atoms with Gasteiger partial charge in [-0.15, -0.1) is 0 Å². The lowest BCUT2D eigenvalue weighted by molar-refractivity contribution is -0.870. The van der Waals surface area contributed by atoms with Crippen LogP contribution >= 0.6 is 0 Å². The van der Waals surface area contributed by atoms with Crippen LogP contribution in [0.25, 0.3) is 0 Å². The first-order chi connectivity index (χ1) is 5.47. The molecule has 0 unspecified atom stereocenters. The van der Waals surface area contributed by atoms with E-state index in [2.05, 4.69) is 31.3 Å². The molecule has 0 aliphatic heterocycles. The molecule has 4 nitrogen and oxygen atoms in total. The molecule has 0 aliphatic carbocycles. The zero-order chi connectivity index (χ0) is 9.19. The lowest BCUT2D eigenvalue weighted by atomic mass is 10.4. The molecule has 0 N–H and O–H groups in total. The molecular formula is C8H16IN3O. The second-order valence-corrected chi connectivity index (χ2v) is 4.00. The van der Waals surface area contributed by atoms with Gasteiger partial charge in [-0.05, 0) is 6.92 Å². The fraction of sp³-hybridized carbons (Fsp3) is 0.750. The van der Waals surface area contributed by atoms with Crippen LogP contribution in [-0.4, -0.2) is 42.3 Å². The summed E-state index contributed by atoms with van der Waals surface area (Å²) in [5, 5.41) is 3.72. The molecule has 0 radical (unpaired) electrons. The minimum absolute atomic E-state index is 0. The Morgan fingerprint density at radius 1 is 1.31 bits per heavy atom. The Morgan fingerprint density at radius 2 is 1.92 bits per heavy atom. The number of hydrogen-bond donors (Lipinski definition) is 0. The molecule has 76 valence electrons. The van der Waals surface area contributed by atoms with E-state index in [0.29, 0.717) is 5.82 Å². The van der Waals surface area contributed by atoms with E-state index in [1.807, 2.05) is 6.92 Å². The average molecular weight is 297 g/mol. The van der Waals surface area contributed by atoms with Crippen molar-refractivity contribution in [3.63, 3.8) is 0 Å². The first-order valence-electron chi connectivity index (χ1n) is 4.07. The number of aryl methyl sites for hydroxylation is 1. The SMILES string of the molecule is Cc1noc(CC[N+](C)(C)C)n1.[I-]. The highest BCUT2D eigenvalue weighted by Gasteiger charge is 2.10. The van der Waals surface area contributed by atoms with Gasteiger partial charge in [0.15, 0.2) is 5.82 Å². The summed E-state index contributed by atoms with van der Waals surface area (Å²) < 4.78 is 5.91. The van der Waals surface area contributed by atoms with E-state index < -0.39 is 0 Å². The van der Waals surface area contributed by atoms with Crippen molar-refractivity contribution in [2.75, 3.05) is 27.7 Å². The van der Waals surface area contributed by atoms with Crippen LogP contribution < -0.4 is 24.0 Å². The summed E-state index contributed by atoms with van der Waals surface area (Å²) in [4.78, 5) is 4.13. The molecule has 1 heterocycles. The highest BCUT2D eigenvalue weighted by Crippen LogP contribution is 2.00. The van der Waals surface area contributed by atoms with Gasteiger partial charge in [-0.25, -0.2) is 0 Å². The maximum atomic E-state index is 4.99. The first kappa shape index (κ1) is 12.8. The molecule has 5 heteroatoms. The van der Waals surface area contributed by atoms with E-state index in [1.54, 1.807) is 0 Å². The standard InChI is InChI=1S/C8H16N3O.HI/c1-7-9-8(12-10-7)5-6-11(2,3)4;/h5-6H2,1-4H3;1H/q+1;/p-1. The third-order valence-corrected chi connectivity index (χ3v) is 1.57. The largest absolute Gasteiger partial charge is 1.00 e. The van der Waals surface area contributed by atoms with Crippen LogP contribution in [0.4, 0.5) is 0 Å². The third-order valence-electron chi connectivity index (χ3n) is 1.57. The van der Waals surface area contributed by atoms with Gasteiger partial charge in [-0.2, -0.15) is 4.98 Å². The van der Waals surface area contributed by atoms with E-state index in [1.165, 1.54) is 0 Å². The number of halogens is 1. The Hall–Kier alpha value is -0.170. The summed E-state index contributed by atoms with van der Waals surface area (Å²) in [5.41, 5.74) is 0. The fourth-order valence-corrected chi connectivity index (χ4v) is 0.873. The van der Waals surface area contributed by atoms with E-state index >= 15 is 0 Å². The van der Waals surface area contributed by atoms with Crippen molar-refractivity contribution in [3.05, 3.63) is 11.7 Å². The van der Waals surface area contributed by atoms with Gasteiger partial charge in [0.05, 0.1) is 34.1 Å². The van der Waals surface area contributed by atoms with E-state index in [9.17, 15) is 0 Å². The topological polar surface area (TPSA) is 38.9 Å². The number of quaternary nitrogens is 1. The van der Waals surface area contributed by atoms with Gasteiger partial charge >= 0.3 is 0 Å². The van der Waals surface area contributed by atoms with E-state index in [-0.39, 0.29) is 24.0 Å². The van der Waals surface area contributed by atoms with Crippen molar-refractivity contribution >= 4 is 0 Å². The molecule has 1 rings (SSSR count). The maximum Gasteiger partial charge on any atom is 0.232 e. The molecule has 0 aromatic carbocycles. The van der Waals surface area contributed by atoms with Gasteiger partial charge in [-0.1, -0.05) is 5.16 Å². The Balaban J connectivity index is 0.00000144. The van der Waals surface area contributed by atoms with E-state index in [4.69, 9.17) is 4.52 Å². The van der Waals surface area contributed by atoms with E-state index in [0.717, 1.165) is 23.3 Å². The van der Waals surface area contributed by atoms with Crippen LogP contribution in [-0.2, 0) is 6.42 Å². The van der Waals surface area contributed by atoms with Gasteiger partial charge in [0.2, 0.25) is 5.89 Å². The number of nitrogens with zero attached hydrogens (tertiary/aromatic N) is 3. The molecule has 13 heavy (non-hydrogen) atoms. The van der Waals surface area contributed by atoms with Crippen molar-refractivity contribution < 1.29 is 33.0 Å². The zero-order valence-electron chi connectivity index (χ0n) is 8.54. The lowest BCUT2D eigenvalue weighted by Crippen LogP contribution is -3.00. The van der Waals surface area contributed by atoms with Gasteiger partial charge in [0, 0.05) is 0 Å². The predicted octanol–water partition coefficient (Wildman–Crippen LogP) is -2.37. The minimum Gasteiger partial charge on any atom is -1.00 e. The van der Waals surface area contributed by atoms with Gasteiger partial charge in [0.25, 0.3) is 0 Å². The molecule has 0 spiro atoms. The zero-order valence-corrected chi connectivity index (χ0v) is 10.7. The Labute approximate surface area is 95.9 Å². The molecule has 0 saturated heterocycles. The molecule has 1 aromatic heterocycles. The van der Waals surface area contributed by atoms with Crippen LogP contribution in [0.3, 0.4) is 0 Å².